The molecule has 1 aliphatic rings. The summed E-state index contributed by atoms with van der Waals surface area (Å²) >= 11 is 1.75. The molecular formula is C18H24N2O2S. The number of aliphatic hydroxyl groups excluding tert-OH is 1. The number of furan rings is 1. The van der Waals surface area contributed by atoms with Crippen LogP contribution in [0.25, 0.3) is 6.08 Å². The first-order chi connectivity index (χ1) is 11.3. The van der Waals surface area contributed by atoms with Crippen LogP contribution in [0.4, 0.5) is 0 Å². The smallest absolute Gasteiger partial charge is 0.126 e. The van der Waals surface area contributed by atoms with E-state index in [0.29, 0.717) is 6.04 Å². The molecule has 0 unspecified atom stereocenters. The minimum absolute atomic E-state index is 0.251. The first kappa shape index (κ1) is 16.5. The first-order valence-electron chi connectivity index (χ1n) is 8.13. The second-order valence-corrected chi connectivity index (χ2v) is 6.73. The molecule has 1 aliphatic heterocycles. The van der Waals surface area contributed by atoms with E-state index < -0.39 is 0 Å². The molecule has 1 fully saturated rings. The Bertz CT molecular complexity index is 580. The van der Waals surface area contributed by atoms with Gasteiger partial charge in [0.25, 0.3) is 0 Å². The van der Waals surface area contributed by atoms with Gasteiger partial charge in [-0.2, -0.15) is 11.3 Å². The molecule has 4 nitrogen and oxygen atoms in total. The molecule has 0 aromatic carbocycles. The third-order valence-corrected chi connectivity index (χ3v) is 5.04. The predicted octanol–water partition coefficient (Wildman–Crippen LogP) is 2.92. The molecule has 3 rings (SSSR count). The van der Waals surface area contributed by atoms with Crippen LogP contribution in [0, 0.1) is 0 Å². The Labute approximate surface area is 141 Å². The van der Waals surface area contributed by atoms with E-state index in [1.165, 1.54) is 5.56 Å². The van der Waals surface area contributed by atoms with Crippen molar-refractivity contribution in [3.63, 3.8) is 0 Å². The average Bonchev–Trinajstić information content (AvgIpc) is 3.24. The summed E-state index contributed by atoms with van der Waals surface area (Å²) in [5.41, 5.74) is 1.38. The zero-order chi connectivity index (χ0) is 15.9. The quantitative estimate of drug-likeness (QED) is 0.846. The Hall–Kier alpha value is -1.40. The van der Waals surface area contributed by atoms with Gasteiger partial charge < -0.3 is 9.52 Å². The topological polar surface area (TPSA) is 39.9 Å². The Balaban J connectivity index is 1.53. The number of piperazine rings is 1. The minimum atomic E-state index is 0.251. The van der Waals surface area contributed by atoms with Crippen molar-refractivity contribution in [1.82, 2.24) is 9.80 Å². The fourth-order valence-electron chi connectivity index (χ4n) is 3.08. The maximum atomic E-state index is 9.38. The predicted molar refractivity (Wildman–Crippen MR) is 94.4 cm³/mol. The molecule has 23 heavy (non-hydrogen) atoms. The number of nitrogens with zero attached hydrogens (tertiary/aromatic N) is 2. The molecular weight excluding hydrogens is 308 g/mol. The molecule has 1 atom stereocenters. The van der Waals surface area contributed by atoms with Gasteiger partial charge in [-0.25, -0.2) is 0 Å². The SMILES string of the molecule is OCC[C@@H]1CN(C/C=C/c2ccco2)CCN1Cc1ccsc1. The van der Waals surface area contributed by atoms with Gasteiger partial charge in [0.15, 0.2) is 0 Å². The summed E-state index contributed by atoms with van der Waals surface area (Å²) in [6.07, 6.45) is 6.71. The van der Waals surface area contributed by atoms with Gasteiger partial charge in [-0.3, -0.25) is 9.80 Å². The van der Waals surface area contributed by atoms with Crippen LogP contribution in [-0.2, 0) is 6.54 Å². The fraction of sp³-hybridized carbons (Fsp3) is 0.444. The second-order valence-electron chi connectivity index (χ2n) is 5.95. The normalized spacial score (nSPS) is 20.5. The van der Waals surface area contributed by atoms with Crippen LogP contribution in [0.1, 0.15) is 17.7 Å². The highest BCUT2D eigenvalue weighted by Crippen LogP contribution is 2.18. The molecule has 3 heterocycles. The van der Waals surface area contributed by atoms with Crippen molar-refractivity contribution < 1.29 is 9.52 Å². The lowest BCUT2D eigenvalue weighted by Gasteiger charge is -2.41. The van der Waals surface area contributed by atoms with Crippen LogP contribution in [-0.4, -0.2) is 53.7 Å². The largest absolute Gasteiger partial charge is 0.465 e. The maximum absolute atomic E-state index is 9.38. The molecule has 1 N–H and O–H groups in total. The molecule has 0 aliphatic carbocycles. The highest BCUT2D eigenvalue weighted by atomic mass is 32.1. The van der Waals surface area contributed by atoms with E-state index in [-0.39, 0.29) is 6.61 Å². The molecule has 5 heteroatoms. The zero-order valence-corrected chi connectivity index (χ0v) is 14.1. The van der Waals surface area contributed by atoms with Crippen LogP contribution >= 0.6 is 11.3 Å². The summed E-state index contributed by atoms with van der Waals surface area (Å²) in [7, 11) is 0. The Morgan fingerprint density at radius 2 is 2.30 bits per heavy atom. The third kappa shape index (κ3) is 4.78. The van der Waals surface area contributed by atoms with Crippen molar-refractivity contribution in [2.45, 2.75) is 19.0 Å². The van der Waals surface area contributed by atoms with Crippen LogP contribution < -0.4 is 0 Å². The van der Waals surface area contributed by atoms with E-state index in [2.05, 4.69) is 32.7 Å². The standard InChI is InChI=1S/C18H24N2O2S/c21-10-5-17-14-19(7-1-3-18-4-2-11-22-18)8-9-20(17)13-16-6-12-23-15-16/h1-4,6,11-12,15,17,21H,5,7-10,13-14H2/b3-1+/t17-/m1/s1. The van der Waals surface area contributed by atoms with Gasteiger partial charge >= 0.3 is 0 Å². The molecule has 0 saturated carbocycles. The maximum Gasteiger partial charge on any atom is 0.126 e. The number of aliphatic hydroxyl groups is 1. The highest BCUT2D eigenvalue weighted by Gasteiger charge is 2.26. The third-order valence-electron chi connectivity index (χ3n) is 4.31. The minimum Gasteiger partial charge on any atom is -0.465 e. The van der Waals surface area contributed by atoms with Gasteiger partial charge in [0.1, 0.15) is 5.76 Å². The van der Waals surface area contributed by atoms with E-state index in [0.717, 1.165) is 44.9 Å². The lowest BCUT2D eigenvalue weighted by Crippen LogP contribution is -2.52. The van der Waals surface area contributed by atoms with Crippen LogP contribution in [0.15, 0.2) is 45.7 Å². The second kappa shape index (κ2) is 8.45. The van der Waals surface area contributed by atoms with Gasteiger partial charge in [-0.15, -0.1) is 0 Å². The molecule has 0 amide bonds. The van der Waals surface area contributed by atoms with E-state index in [4.69, 9.17) is 4.42 Å². The summed E-state index contributed by atoms with van der Waals surface area (Å²) in [5, 5.41) is 13.7. The van der Waals surface area contributed by atoms with Gasteiger partial charge in [-0.1, -0.05) is 6.08 Å². The molecule has 0 bridgehead atoms. The van der Waals surface area contributed by atoms with E-state index in [1.54, 1.807) is 17.6 Å². The summed E-state index contributed by atoms with van der Waals surface area (Å²) < 4.78 is 5.31. The number of hydrogen-bond donors (Lipinski definition) is 1. The highest BCUT2D eigenvalue weighted by molar-refractivity contribution is 7.07. The zero-order valence-electron chi connectivity index (χ0n) is 13.3. The summed E-state index contributed by atoms with van der Waals surface area (Å²) in [5.74, 6) is 0.896. The van der Waals surface area contributed by atoms with Crippen molar-refractivity contribution in [1.29, 1.82) is 0 Å². The summed E-state index contributed by atoms with van der Waals surface area (Å²) in [6.45, 7) is 5.29. The van der Waals surface area contributed by atoms with Crippen molar-refractivity contribution in [3.8, 4) is 0 Å². The Kier molecular flexibility index (Phi) is 6.05. The van der Waals surface area contributed by atoms with Gasteiger partial charge in [0, 0.05) is 45.4 Å². The Morgan fingerprint density at radius 3 is 3.04 bits per heavy atom. The lowest BCUT2D eigenvalue weighted by molar-refractivity contribution is 0.0597. The Morgan fingerprint density at radius 1 is 1.35 bits per heavy atom. The van der Waals surface area contributed by atoms with Crippen molar-refractivity contribution in [2.75, 3.05) is 32.8 Å². The first-order valence-corrected chi connectivity index (χ1v) is 9.08. The molecule has 0 spiro atoms. The monoisotopic (exact) mass is 332 g/mol. The number of hydrogen-bond acceptors (Lipinski definition) is 5. The summed E-state index contributed by atoms with van der Waals surface area (Å²) in [4.78, 5) is 4.95. The molecule has 1 saturated heterocycles. The van der Waals surface area contributed by atoms with Gasteiger partial charge in [0.2, 0.25) is 0 Å². The van der Waals surface area contributed by atoms with E-state index in [9.17, 15) is 5.11 Å². The molecule has 0 radical (unpaired) electrons. The van der Waals surface area contributed by atoms with Gasteiger partial charge in [0.05, 0.1) is 6.26 Å². The average molecular weight is 332 g/mol. The van der Waals surface area contributed by atoms with Crippen LogP contribution in [0.3, 0.4) is 0 Å². The van der Waals surface area contributed by atoms with Crippen molar-refractivity contribution in [2.24, 2.45) is 0 Å². The number of rotatable bonds is 7. The van der Waals surface area contributed by atoms with Crippen LogP contribution in [0.2, 0.25) is 0 Å². The summed E-state index contributed by atoms with van der Waals surface area (Å²) in [6, 6.07) is 6.48. The fourth-order valence-corrected chi connectivity index (χ4v) is 3.74. The molecule has 124 valence electrons. The van der Waals surface area contributed by atoms with Crippen LogP contribution in [0.5, 0.6) is 0 Å². The number of thiophene rings is 1. The van der Waals surface area contributed by atoms with E-state index >= 15 is 0 Å². The molecule has 2 aromatic rings. The van der Waals surface area contributed by atoms with Crippen molar-refractivity contribution in [3.05, 3.63) is 52.6 Å². The van der Waals surface area contributed by atoms with E-state index in [1.807, 2.05) is 18.2 Å². The van der Waals surface area contributed by atoms with Gasteiger partial charge in [-0.05, 0) is 47.0 Å². The lowest BCUT2D eigenvalue weighted by atomic mass is 10.1. The van der Waals surface area contributed by atoms with Crippen molar-refractivity contribution >= 4 is 17.4 Å². The molecule has 2 aromatic heterocycles.